The Kier molecular flexibility index (Phi) is 4.34. The molecule has 0 saturated heterocycles. The lowest BCUT2D eigenvalue weighted by Crippen LogP contribution is -2.46. The predicted molar refractivity (Wildman–Crippen MR) is 103 cm³/mol. The summed E-state index contributed by atoms with van der Waals surface area (Å²) >= 11 is 6.15. The van der Waals surface area contributed by atoms with Crippen molar-refractivity contribution in [2.24, 2.45) is 28.9 Å². The number of rotatable bonds is 4. The standard InChI is InChI=1S/C21H25ClN2O2/c1-12(21-9-13-5-14(10-21)7-15(6-13)11-21)4-19(25)24-18-8-16(20(23)26)2-3-17(18)22/h2-4,8,13-15H,5-7,9-11H2,1H3,(H2,23,26)(H,24,25)/b12-4-. The highest BCUT2D eigenvalue weighted by Crippen LogP contribution is 2.62. The molecule has 4 nitrogen and oxygen atoms in total. The molecule has 5 heteroatoms. The van der Waals surface area contributed by atoms with Gasteiger partial charge in [-0.25, -0.2) is 0 Å². The van der Waals surface area contributed by atoms with Gasteiger partial charge in [0.05, 0.1) is 10.7 Å². The quantitative estimate of drug-likeness (QED) is 0.761. The van der Waals surface area contributed by atoms with Gasteiger partial charge in [-0.2, -0.15) is 0 Å². The molecule has 4 bridgehead atoms. The summed E-state index contributed by atoms with van der Waals surface area (Å²) in [6.07, 6.45) is 9.57. The van der Waals surface area contributed by atoms with Crippen LogP contribution in [-0.2, 0) is 4.79 Å². The summed E-state index contributed by atoms with van der Waals surface area (Å²) in [6, 6.07) is 4.65. The summed E-state index contributed by atoms with van der Waals surface area (Å²) in [5.74, 6) is 1.79. The van der Waals surface area contributed by atoms with Crippen LogP contribution in [-0.4, -0.2) is 11.8 Å². The smallest absolute Gasteiger partial charge is 0.248 e. The molecular formula is C21H25ClN2O2. The molecule has 0 heterocycles. The van der Waals surface area contributed by atoms with E-state index in [1.165, 1.54) is 50.2 Å². The first-order valence-corrected chi connectivity index (χ1v) is 9.81. The number of carbonyl (C=O) groups is 2. The van der Waals surface area contributed by atoms with Gasteiger partial charge in [0.25, 0.3) is 0 Å². The first kappa shape index (κ1) is 17.6. The van der Waals surface area contributed by atoms with Crippen LogP contribution in [0, 0.1) is 23.2 Å². The minimum atomic E-state index is -0.544. The molecule has 4 saturated carbocycles. The molecule has 0 radical (unpaired) electrons. The van der Waals surface area contributed by atoms with Crippen molar-refractivity contribution in [3.63, 3.8) is 0 Å². The maximum atomic E-state index is 12.6. The number of hydrogen-bond donors (Lipinski definition) is 2. The normalized spacial score (nSPS) is 32.5. The third kappa shape index (κ3) is 3.16. The van der Waals surface area contributed by atoms with Gasteiger partial charge in [0.1, 0.15) is 0 Å². The summed E-state index contributed by atoms with van der Waals surface area (Å²) in [6.45, 7) is 2.11. The van der Waals surface area contributed by atoms with Gasteiger partial charge in [-0.15, -0.1) is 0 Å². The highest BCUT2D eigenvalue weighted by Gasteiger charge is 2.51. The van der Waals surface area contributed by atoms with Crippen LogP contribution in [0.3, 0.4) is 0 Å². The molecule has 5 rings (SSSR count). The SMILES string of the molecule is C/C(=C/C(=O)Nc1cc(C(N)=O)ccc1Cl)C12CC3CC(CC(C3)C1)C2. The summed E-state index contributed by atoms with van der Waals surface area (Å²) in [4.78, 5) is 23.9. The fraction of sp³-hybridized carbons (Fsp3) is 0.524. The molecule has 138 valence electrons. The van der Waals surface area contributed by atoms with E-state index in [9.17, 15) is 9.59 Å². The summed E-state index contributed by atoms with van der Waals surface area (Å²) in [5, 5.41) is 3.21. The van der Waals surface area contributed by atoms with Crippen molar-refractivity contribution in [2.75, 3.05) is 5.32 Å². The van der Waals surface area contributed by atoms with Crippen LogP contribution in [0.1, 0.15) is 55.8 Å². The number of carbonyl (C=O) groups excluding carboxylic acids is 2. The van der Waals surface area contributed by atoms with Crippen molar-refractivity contribution < 1.29 is 9.59 Å². The van der Waals surface area contributed by atoms with E-state index in [0.717, 1.165) is 17.8 Å². The summed E-state index contributed by atoms with van der Waals surface area (Å²) in [7, 11) is 0. The predicted octanol–water partition coefficient (Wildman–Crippen LogP) is 4.54. The molecule has 4 fully saturated rings. The van der Waals surface area contributed by atoms with Crippen molar-refractivity contribution in [3.8, 4) is 0 Å². The molecule has 26 heavy (non-hydrogen) atoms. The lowest BCUT2D eigenvalue weighted by Gasteiger charge is -2.57. The molecule has 0 unspecified atom stereocenters. The van der Waals surface area contributed by atoms with Crippen molar-refractivity contribution in [1.82, 2.24) is 0 Å². The molecule has 0 atom stereocenters. The second-order valence-electron chi connectivity index (χ2n) is 8.57. The van der Waals surface area contributed by atoms with Crippen LogP contribution in [0.15, 0.2) is 29.8 Å². The number of hydrogen-bond acceptors (Lipinski definition) is 2. The fourth-order valence-electron chi connectivity index (χ4n) is 5.89. The minimum Gasteiger partial charge on any atom is -0.366 e. The van der Waals surface area contributed by atoms with Gasteiger partial charge < -0.3 is 11.1 Å². The molecule has 1 aromatic rings. The number of nitrogens with two attached hydrogens (primary N) is 1. The zero-order valence-corrected chi connectivity index (χ0v) is 15.8. The zero-order valence-electron chi connectivity index (χ0n) is 15.1. The monoisotopic (exact) mass is 372 g/mol. The Morgan fingerprint density at radius 3 is 2.27 bits per heavy atom. The van der Waals surface area contributed by atoms with Crippen LogP contribution in [0.5, 0.6) is 0 Å². The van der Waals surface area contributed by atoms with E-state index in [-0.39, 0.29) is 11.3 Å². The highest BCUT2D eigenvalue weighted by molar-refractivity contribution is 6.34. The van der Waals surface area contributed by atoms with Gasteiger partial charge in [0.2, 0.25) is 11.8 Å². The second kappa shape index (κ2) is 6.41. The Hall–Kier alpha value is -1.81. The third-order valence-corrected chi connectivity index (χ3v) is 7.06. The number of allylic oxidation sites excluding steroid dienone is 1. The number of primary amides is 1. The third-order valence-electron chi connectivity index (χ3n) is 6.73. The number of benzene rings is 1. The molecule has 3 N–H and O–H groups in total. The number of halogens is 1. The molecule has 4 aliphatic rings. The second-order valence-corrected chi connectivity index (χ2v) is 8.98. The molecule has 0 aromatic heterocycles. The molecular weight excluding hydrogens is 348 g/mol. The van der Waals surface area contributed by atoms with E-state index in [2.05, 4.69) is 12.2 Å². The minimum absolute atomic E-state index is 0.193. The molecule has 2 amide bonds. The average molecular weight is 373 g/mol. The largest absolute Gasteiger partial charge is 0.366 e. The Bertz CT molecular complexity index is 764. The Labute approximate surface area is 159 Å². The fourth-order valence-corrected chi connectivity index (χ4v) is 6.05. The van der Waals surface area contributed by atoms with Gasteiger partial charge in [-0.3, -0.25) is 9.59 Å². The van der Waals surface area contributed by atoms with Crippen molar-refractivity contribution in [1.29, 1.82) is 0 Å². The van der Waals surface area contributed by atoms with Crippen LogP contribution < -0.4 is 11.1 Å². The van der Waals surface area contributed by atoms with E-state index >= 15 is 0 Å². The van der Waals surface area contributed by atoms with E-state index in [1.54, 1.807) is 18.2 Å². The van der Waals surface area contributed by atoms with Crippen LogP contribution >= 0.6 is 11.6 Å². The zero-order chi connectivity index (χ0) is 18.5. The maximum absolute atomic E-state index is 12.6. The molecule has 1 aromatic carbocycles. The van der Waals surface area contributed by atoms with Gasteiger partial charge in [0, 0.05) is 11.6 Å². The number of anilines is 1. The molecule has 0 aliphatic heterocycles. The van der Waals surface area contributed by atoms with E-state index in [1.807, 2.05) is 0 Å². The van der Waals surface area contributed by atoms with Gasteiger partial charge >= 0.3 is 0 Å². The lowest BCUT2D eigenvalue weighted by molar-refractivity contribution is -0.112. The van der Waals surface area contributed by atoms with Crippen molar-refractivity contribution in [2.45, 2.75) is 45.4 Å². The summed E-state index contributed by atoms with van der Waals surface area (Å²) in [5.41, 5.74) is 7.46. The van der Waals surface area contributed by atoms with Crippen molar-refractivity contribution in [3.05, 3.63) is 40.4 Å². The Morgan fingerprint density at radius 1 is 1.15 bits per heavy atom. The maximum Gasteiger partial charge on any atom is 0.248 e. The van der Waals surface area contributed by atoms with Crippen LogP contribution in [0.2, 0.25) is 5.02 Å². The van der Waals surface area contributed by atoms with Gasteiger partial charge in [-0.1, -0.05) is 17.2 Å². The van der Waals surface area contributed by atoms with E-state index in [0.29, 0.717) is 16.3 Å². The van der Waals surface area contributed by atoms with Gasteiger partial charge in [0.15, 0.2) is 0 Å². The van der Waals surface area contributed by atoms with Gasteiger partial charge in [-0.05, 0) is 86.8 Å². The molecule has 4 aliphatic carbocycles. The number of amides is 2. The van der Waals surface area contributed by atoms with Crippen LogP contribution in [0.4, 0.5) is 5.69 Å². The summed E-state index contributed by atoms with van der Waals surface area (Å²) < 4.78 is 0. The lowest BCUT2D eigenvalue weighted by atomic mass is 9.48. The van der Waals surface area contributed by atoms with Crippen molar-refractivity contribution >= 4 is 29.1 Å². The van der Waals surface area contributed by atoms with Crippen LogP contribution in [0.25, 0.3) is 0 Å². The Balaban J connectivity index is 1.52. The Morgan fingerprint density at radius 2 is 1.73 bits per heavy atom. The van der Waals surface area contributed by atoms with E-state index in [4.69, 9.17) is 17.3 Å². The molecule has 0 spiro atoms. The highest BCUT2D eigenvalue weighted by atomic mass is 35.5. The van der Waals surface area contributed by atoms with E-state index < -0.39 is 5.91 Å². The average Bonchev–Trinajstić information content (AvgIpc) is 2.55. The number of nitrogens with one attached hydrogen (secondary N) is 1. The first-order valence-electron chi connectivity index (χ1n) is 9.44. The topological polar surface area (TPSA) is 72.2 Å². The first-order chi connectivity index (χ1) is 12.3.